The second-order valence-corrected chi connectivity index (χ2v) is 4.31. The SMILES string of the molecule is CCOC(=O)C1=C2C=C(OCC(C)O)C=CN2NC1. The fourth-order valence-electron chi connectivity index (χ4n) is 1.81. The summed E-state index contributed by atoms with van der Waals surface area (Å²) in [7, 11) is 0. The molecule has 6 heteroatoms. The number of esters is 1. The van der Waals surface area contributed by atoms with Crippen LogP contribution in [0, 0.1) is 0 Å². The van der Waals surface area contributed by atoms with Crippen LogP contribution < -0.4 is 5.43 Å². The van der Waals surface area contributed by atoms with Gasteiger partial charge in [-0.15, -0.1) is 0 Å². The highest BCUT2D eigenvalue weighted by Gasteiger charge is 2.27. The van der Waals surface area contributed by atoms with E-state index in [9.17, 15) is 9.90 Å². The van der Waals surface area contributed by atoms with Gasteiger partial charge in [0.15, 0.2) is 0 Å². The number of hydrazine groups is 1. The molecule has 2 N–H and O–H groups in total. The van der Waals surface area contributed by atoms with E-state index in [2.05, 4.69) is 5.43 Å². The van der Waals surface area contributed by atoms with Crippen LogP contribution in [0.1, 0.15) is 13.8 Å². The predicted octanol–water partition coefficient (Wildman–Crippen LogP) is 0.432. The highest BCUT2D eigenvalue weighted by atomic mass is 16.5. The van der Waals surface area contributed by atoms with Gasteiger partial charge in [-0.2, -0.15) is 0 Å². The zero-order valence-electron chi connectivity index (χ0n) is 11.0. The average molecular weight is 266 g/mol. The van der Waals surface area contributed by atoms with Gasteiger partial charge in [0.2, 0.25) is 0 Å². The van der Waals surface area contributed by atoms with E-state index in [1.807, 2.05) is 0 Å². The molecule has 19 heavy (non-hydrogen) atoms. The van der Waals surface area contributed by atoms with Crippen molar-refractivity contribution in [3.05, 3.63) is 35.4 Å². The van der Waals surface area contributed by atoms with E-state index >= 15 is 0 Å². The number of fused-ring (bicyclic) bond motifs is 1. The lowest BCUT2D eigenvalue weighted by atomic mass is 10.2. The molecule has 0 amide bonds. The minimum absolute atomic E-state index is 0.214. The summed E-state index contributed by atoms with van der Waals surface area (Å²) >= 11 is 0. The summed E-state index contributed by atoms with van der Waals surface area (Å²) in [5, 5.41) is 10.9. The number of carbonyl (C=O) groups is 1. The molecule has 2 aliphatic rings. The second kappa shape index (κ2) is 5.90. The lowest BCUT2D eigenvalue weighted by Crippen LogP contribution is -2.27. The van der Waals surface area contributed by atoms with Crippen LogP contribution in [0.2, 0.25) is 0 Å². The van der Waals surface area contributed by atoms with E-state index in [-0.39, 0.29) is 12.6 Å². The first kappa shape index (κ1) is 13.6. The lowest BCUT2D eigenvalue weighted by Gasteiger charge is -2.20. The topological polar surface area (TPSA) is 71.0 Å². The minimum Gasteiger partial charge on any atom is -0.491 e. The van der Waals surface area contributed by atoms with E-state index in [1.54, 1.807) is 37.2 Å². The summed E-state index contributed by atoms with van der Waals surface area (Å²) in [6.07, 6.45) is 4.77. The number of hydrogen-bond acceptors (Lipinski definition) is 6. The van der Waals surface area contributed by atoms with Gasteiger partial charge in [0, 0.05) is 18.8 Å². The van der Waals surface area contributed by atoms with Gasteiger partial charge < -0.3 is 14.6 Å². The van der Waals surface area contributed by atoms with Crippen LogP contribution in [-0.4, -0.2) is 41.9 Å². The monoisotopic (exact) mass is 266 g/mol. The number of rotatable bonds is 5. The van der Waals surface area contributed by atoms with Crippen molar-refractivity contribution in [2.24, 2.45) is 0 Å². The maximum atomic E-state index is 11.8. The van der Waals surface area contributed by atoms with Crippen LogP contribution in [0.15, 0.2) is 35.4 Å². The molecule has 2 rings (SSSR count). The zero-order valence-corrected chi connectivity index (χ0v) is 11.0. The molecule has 0 saturated carbocycles. The third-order valence-electron chi connectivity index (χ3n) is 2.67. The maximum Gasteiger partial charge on any atom is 0.337 e. The average Bonchev–Trinajstić information content (AvgIpc) is 2.79. The highest BCUT2D eigenvalue weighted by molar-refractivity contribution is 5.91. The van der Waals surface area contributed by atoms with Crippen LogP contribution in [-0.2, 0) is 14.3 Å². The Labute approximate surface area is 112 Å². The van der Waals surface area contributed by atoms with Crippen molar-refractivity contribution >= 4 is 5.97 Å². The lowest BCUT2D eigenvalue weighted by molar-refractivity contribution is -0.138. The van der Waals surface area contributed by atoms with Crippen LogP contribution in [0.5, 0.6) is 0 Å². The molecular formula is C13H18N2O4. The first-order valence-corrected chi connectivity index (χ1v) is 6.25. The Morgan fingerprint density at radius 2 is 2.42 bits per heavy atom. The fourth-order valence-corrected chi connectivity index (χ4v) is 1.81. The number of aliphatic hydroxyl groups is 1. The van der Waals surface area contributed by atoms with Gasteiger partial charge in [0.05, 0.1) is 24.0 Å². The summed E-state index contributed by atoms with van der Waals surface area (Å²) < 4.78 is 10.4. The minimum atomic E-state index is -0.535. The molecule has 0 aromatic heterocycles. The second-order valence-electron chi connectivity index (χ2n) is 4.31. The molecule has 0 saturated heterocycles. The number of aliphatic hydroxyl groups excluding tert-OH is 1. The molecule has 104 valence electrons. The largest absolute Gasteiger partial charge is 0.491 e. The van der Waals surface area contributed by atoms with Gasteiger partial charge >= 0.3 is 5.97 Å². The van der Waals surface area contributed by atoms with Crippen molar-refractivity contribution in [2.75, 3.05) is 19.8 Å². The Bertz CT molecular complexity index is 452. The summed E-state index contributed by atoms with van der Waals surface area (Å²) in [5.41, 5.74) is 4.35. The van der Waals surface area contributed by atoms with Gasteiger partial charge in [-0.1, -0.05) is 0 Å². The van der Waals surface area contributed by atoms with Crippen molar-refractivity contribution in [1.29, 1.82) is 0 Å². The van der Waals surface area contributed by atoms with Gasteiger partial charge in [0.1, 0.15) is 12.4 Å². The van der Waals surface area contributed by atoms with Gasteiger partial charge in [-0.3, -0.25) is 5.01 Å². The maximum absolute atomic E-state index is 11.8. The molecule has 0 aromatic rings. The quantitative estimate of drug-likeness (QED) is 0.703. The molecule has 0 aromatic carbocycles. The van der Waals surface area contributed by atoms with E-state index in [0.29, 0.717) is 24.5 Å². The van der Waals surface area contributed by atoms with E-state index in [4.69, 9.17) is 9.47 Å². The van der Waals surface area contributed by atoms with Gasteiger partial charge in [-0.05, 0) is 19.9 Å². The Kier molecular flexibility index (Phi) is 4.24. The molecule has 2 aliphatic heterocycles. The van der Waals surface area contributed by atoms with Crippen molar-refractivity contribution in [3.8, 4) is 0 Å². The van der Waals surface area contributed by atoms with E-state index in [0.717, 1.165) is 5.70 Å². The first-order chi connectivity index (χ1) is 9.11. The van der Waals surface area contributed by atoms with Gasteiger partial charge in [-0.25, -0.2) is 10.2 Å². The number of nitrogens with zero attached hydrogens (tertiary/aromatic N) is 1. The van der Waals surface area contributed by atoms with Crippen LogP contribution >= 0.6 is 0 Å². The zero-order chi connectivity index (χ0) is 13.8. The molecular weight excluding hydrogens is 248 g/mol. The summed E-state index contributed by atoms with van der Waals surface area (Å²) in [6, 6.07) is 0. The van der Waals surface area contributed by atoms with E-state index in [1.165, 1.54) is 0 Å². The first-order valence-electron chi connectivity index (χ1n) is 6.25. The molecule has 6 nitrogen and oxygen atoms in total. The smallest absolute Gasteiger partial charge is 0.337 e. The Hall–Kier alpha value is -1.79. The van der Waals surface area contributed by atoms with Crippen molar-refractivity contribution < 1.29 is 19.4 Å². The number of nitrogens with one attached hydrogen (secondary N) is 1. The molecule has 2 heterocycles. The predicted molar refractivity (Wildman–Crippen MR) is 68.4 cm³/mol. The summed E-state index contributed by atoms with van der Waals surface area (Å²) in [5.74, 6) is 0.284. The molecule has 0 bridgehead atoms. The standard InChI is InChI=1S/C13H18N2O4/c1-3-18-13(17)11-7-14-15-5-4-10(6-12(11)15)19-8-9(2)16/h4-6,9,14,16H,3,7-8H2,1-2H3. The third-order valence-corrected chi connectivity index (χ3v) is 2.67. The molecule has 0 fully saturated rings. The summed E-state index contributed by atoms with van der Waals surface area (Å²) in [4.78, 5) is 11.8. The number of ether oxygens (including phenoxy) is 2. The molecule has 1 unspecified atom stereocenters. The highest BCUT2D eigenvalue weighted by Crippen LogP contribution is 2.24. The Morgan fingerprint density at radius 1 is 1.63 bits per heavy atom. The number of allylic oxidation sites excluding steroid dienone is 2. The van der Waals surface area contributed by atoms with Crippen molar-refractivity contribution in [3.63, 3.8) is 0 Å². The van der Waals surface area contributed by atoms with Crippen LogP contribution in [0.3, 0.4) is 0 Å². The Morgan fingerprint density at radius 3 is 3.11 bits per heavy atom. The van der Waals surface area contributed by atoms with E-state index < -0.39 is 6.10 Å². The normalized spacial score (nSPS) is 19.1. The number of hydrogen-bond donors (Lipinski definition) is 2. The molecule has 0 radical (unpaired) electrons. The summed E-state index contributed by atoms with van der Waals surface area (Å²) in [6.45, 7) is 4.42. The van der Waals surface area contributed by atoms with Crippen molar-refractivity contribution in [2.45, 2.75) is 20.0 Å². The third kappa shape index (κ3) is 3.15. The molecule has 0 aliphatic carbocycles. The molecule has 1 atom stereocenters. The Balaban J connectivity index is 2.14. The molecule has 0 spiro atoms. The fraction of sp³-hybridized carbons (Fsp3) is 0.462. The van der Waals surface area contributed by atoms with Crippen LogP contribution in [0.25, 0.3) is 0 Å². The van der Waals surface area contributed by atoms with Crippen molar-refractivity contribution in [1.82, 2.24) is 10.4 Å². The van der Waals surface area contributed by atoms with Gasteiger partial charge in [0.25, 0.3) is 0 Å². The number of carbonyl (C=O) groups excluding carboxylic acids is 1. The van der Waals surface area contributed by atoms with Crippen LogP contribution in [0.4, 0.5) is 0 Å².